The van der Waals surface area contributed by atoms with Gasteiger partial charge in [-0.1, -0.05) is 36.4 Å². The molecule has 0 bridgehead atoms. The summed E-state index contributed by atoms with van der Waals surface area (Å²) in [6.45, 7) is 2.80. The lowest BCUT2D eigenvalue weighted by Crippen LogP contribution is -2.40. The predicted molar refractivity (Wildman–Crippen MR) is 148 cm³/mol. The SMILES string of the molecule is O=S1(=O)CCN(CCCCc2ccc3ncnc(Nc4ccc(OCc5ccccc5)cc4)c3c2)CC1. The Kier molecular flexibility index (Phi) is 7.96. The van der Waals surface area contributed by atoms with Gasteiger partial charge in [0.25, 0.3) is 0 Å². The van der Waals surface area contributed by atoms with Crippen molar-refractivity contribution < 1.29 is 13.2 Å². The van der Waals surface area contributed by atoms with Crippen LogP contribution in [0.15, 0.2) is 79.1 Å². The van der Waals surface area contributed by atoms with E-state index >= 15 is 0 Å². The summed E-state index contributed by atoms with van der Waals surface area (Å²) in [6.07, 6.45) is 4.65. The highest BCUT2D eigenvalue weighted by Gasteiger charge is 2.20. The van der Waals surface area contributed by atoms with Crippen LogP contribution in [0.2, 0.25) is 0 Å². The van der Waals surface area contributed by atoms with Crippen molar-refractivity contribution in [2.75, 3.05) is 36.5 Å². The summed E-state index contributed by atoms with van der Waals surface area (Å²) >= 11 is 0. The van der Waals surface area contributed by atoms with Gasteiger partial charge in [-0.25, -0.2) is 18.4 Å². The van der Waals surface area contributed by atoms with Gasteiger partial charge in [0.05, 0.1) is 17.0 Å². The van der Waals surface area contributed by atoms with E-state index in [1.54, 1.807) is 6.33 Å². The number of nitrogens with one attached hydrogen (secondary N) is 1. The van der Waals surface area contributed by atoms with Crippen LogP contribution in [0.5, 0.6) is 5.75 Å². The quantitative estimate of drug-likeness (QED) is 0.297. The molecule has 37 heavy (non-hydrogen) atoms. The molecule has 192 valence electrons. The Morgan fingerprint density at radius 3 is 2.43 bits per heavy atom. The first-order valence-corrected chi connectivity index (χ1v) is 14.6. The van der Waals surface area contributed by atoms with Crippen LogP contribution in [0.25, 0.3) is 10.9 Å². The van der Waals surface area contributed by atoms with Gasteiger partial charge in [-0.05, 0) is 73.3 Å². The van der Waals surface area contributed by atoms with Crippen molar-refractivity contribution in [1.82, 2.24) is 14.9 Å². The third-order valence-corrected chi connectivity index (χ3v) is 8.30. The Morgan fingerprint density at radius 1 is 0.865 bits per heavy atom. The highest BCUT2D eigenvalue weighted by molar-refractivity contribution is 7.91. The molecule has 0 spiro atoms. The Morgan fingerprint density at radius 2 is 1.65 bits per heavy atom. The van der Waals surface area contributed by atoms with Gasteiger partial charge < -0.3 is 15.0 Å². The molecule has 1 aliphatic heterocycles. The van der Waals surface area contributed by atoms with E-state index in [1.165, 1.54) is 5.56 Å². The largest absolute Gasteiger partial charge is 0.489 e. The Balaban J connectivity index is 1.17. The molecule has 3 aromatic carbocycles. The van der Waals surface area contributed by atoms with Crippen LogP contribution in [-0.4, -0.2) is 54.4 Å². The summed E-state index contributed by atoms with van der Waals surface area (Å²) < 4.78 is 29.1. The number of ether oxygens (including phenoxy) is 1. The molecule has 0 radical (unpaired) electrons. The number of rotatable bonds is 10. The second kappa shape index (κ2) is 11.7. The van der Waals surface area contributed by atoms with Crippen LogP contribution in [0.3, 0.4) is 0 Å². The normalized spacial score (nSPS) is 15.5. The highest BCUT2D eigenvalue weighted by Crippen LogP contribution is 2.26. The maximum absolute atomic E-state index is 11.6. The Bertz CT molecular complexity index is 1410. The number of aryl methyl sites for hydroxylation is 1. The van der Waals surface area contributed by atoms with Crippen LogP contribution >= 0.6 is 0 Å². The molecule has 8 heteroatoms. The van der Waals surface area contributed by atoms with Crippen molar-refractivity contribution in [3.63, 3.8) is 0 Å². The zero-order valence-electron chi connectivity index (χ0n) is 20.8. The number of hydrogen-bond acceptors (Lipinski definition) is 7. The third kappa shape index (κ3) is 7.05. The van der Waals surface area contributed by atoms with Gasteiger partial charge in [0.1, 0.15) is 24.5 Å². The lowest BCUT2D eigenvalue weighted by atomic mass is 10.1. The van der Waals surface area contributed by atoms with Crippen molar-refractivity contribution in [1.29, 1.82) is 0 Å². The molecular weight excluding hydrogens is 484 g/mol. The van der Waals surface area contributed by atoms with Gasteiger partial charge in [-0.15, -0.1) is 0 Å². The molecule has 5 rings (SSSR count). The van der Waals surface area contributed by atoms with Gasteiger partial charge in [-0.2, -0.15) is 0 Å². The molecule has 1 saturated heterocycles. The maximum Gasteiger partial charge on any atom is 0.152 e. The number of unbranched alkanes of at least 4 members (excludes halogenated alkanes) is 1. The van der Waals surface area contributed by atoms with E-state index in [0.29, 0.717) is 19.7 Å². The number of nitrogens with zero attached hydrogens (tertiary/aromatic N) is 3. The van der Waals surface area contributed by atoms with Crippen molar-refractivity contribution in [2.45, 2.75) is 25.9 Å². The second-order valence-electron chi connectivity index (χ2n) is 9.45. The van der Waals surface area contributed by atoms with Gasteiger partial charge in [0.2, 0.25) is 0 Å². The molecule has 7 nitrogen and oxygen atoms in total. The summed E-state index contributed by atoms with van der Waals surface area (Å²) in [4.78, 5) is 11.2. The molecule has 1 N–H and O–H groups in total. The molecule has 4 aromatic rings. The summed E-state index contributed by atoms with van der Waals surface area (Å²) in [7, 11) is -2.82. The first-order chi connectivity index (χ1) is 18.0. The molecule has 2 heterocycles. The van der Waals surface area contributed by atoms with Gasteiger partial charge in [0, 0.05) is 24.2 Å². The van der Waals surface area contributed by atoms with E-state index in [1.807, 2.05) is 60.7 Å². The average Bonchev–Trinajstić information content (AvgIpc) is 2.92. The van der Waals surface area contributed by atoms with E-state index in [-0.39, 0.29) is 11.5 Å². The third-order valence-electron chi connectivity index (χ3n) is 6.69. The minimum absolute atomic E-state index is 0.289. The Hall–Kier alpha value is -3.49. The minimum Gasteiger partial charge on any atom is -0.489 e. The van der Waals surface area contributed by atoms with Crippen molar-refractivity contribution in [2.24, 2.45) is 0 Å². The van der Waals surface area contributed by atoms with Gasteiger partial charge in [0.15, 0.2) is 9.84 Å². The first-order valence-electron chi connectivity index (χ1n) is 12.7. The average molecular weight is 517 g/mol. The summed E-state index contributed by atoms with van der Waals surface area (Å²) in [5.41, 5.74) is 4.21. The van der Waals surface area contributed by atoms with Crippen LogP contribution in [-0.2, 0) is 22.9 Å². The molecule has 0 unspecified atom stereocenters. The molecule has 1 aromatic heterocycles. The van der Waals surface area contributed by atoms with Gasteiger partial charge in [-0.3, -0.25) is 0 Å². The molecule has 0 aliphatic carbocycles. The van der Waals surface area contributed by atoms with Crippen LogP contribution in [0.4, 0.5) is 11.5 Å². The molecule has 0 amide bonds. The smallest absolute Gasteiger partial charge is 0.152 e. The van der Waals surface area contributed by atoms with E-state index in [9.17, 15) is 8.42 Å². The Labute approximate surface area is 218 Å². The summed E-state index contributed by atoms with van der Waals surface area (Å²) in [5, 5.41) is 4.42. The maximum atomic E-state index is 11.6. The van der Waals surface area contributed by atoms with E-state index in [0.717, 1.165) is 59.5 Å². The number of sulfone groups is 1. The molecule has 0 saturated carbocycles. The van der Waals surface area contributed by atoms with Crippen molar-refractivity contribution in [3.05, 3.63) is 90.3 Å². The fourth-order valence-electron chi connectivity index (χ4n) is 4.51. The van der Waals surface area contributed by atoms with Crippen LogP contribution in [0.1, 0.15) is 24.0 Å². The first kappa shape index (κ1) is 25.2. The van der Waals surface area contributed by atoms with Gasteiger partial charge >= 0.3 is 0 Å². The fourth-order valence-corrected chi connectivity index (χ4v) is 5.79. The monoisotopic (exact) mass is 516 g/mol. The van der Waals surface area contributed by atoms with Crippen LogP contribution in [0, 0.1) is 0 Å². The number of aromatic nitrogens is 2. The molecular formula is C29H32N4O3S. The number of fused-ring (bicyclic) bond motifs is 1. The second-order valence-corrected chi connectivity index (χ2v) is 11.8. The van der Waals surface area contributed by atoms with E-state index < -0.39 is 9.84 Å². The minimum atomic E-state index is -2.82. The van der Waals surface area contributed by atoms with Crippen molar-refractivity contribution >= 4 is 32.2 Å². The van der Waals surface area contributed by atoms with Crippen molar-refractivity contribution in [3.8, 4) is 5.75 Å². The van der Waals surface area contributed by atoms with Crippen LogP contribution < -0.4 is 10.1 Å². The molecule has 1 aliphatic rings. The zero-order chi connectivity index (χ0) is 25.5. The number of benzene rings is 3. The summed E-state index contributed by atoms with van der Waals surface area (Å²) in [6, 6.07) is 24.4. The van der Waals surface area contributed by atoms with E-state index in [4.69, 9.17) is 4.74 Å². The molecule has 1 fully saturated rings. The lowest BCUT2D eigenvalue weighted by Gasteiger charge is -2.26. The fraction of sp³-hybridized carbons (Fsp3) is 0.310. The standard InChI is InChI=1S/C29H32N4O3S/c34-37(35)18-16-33(17-19-37)15-5-4-6-23-9-14-28-27(20-23)29(31-22-30-28)32-25-10-12-26(13-11-25)36-21-24-7-2-1-3-8-24/h1-3,7-14,20,22H,4-6,15-19,21H2,(H,30,31,32). The lowest BCUT2D eigenvalue weighted by molar-refractivity contribution is 0.289. The molecule has 0 atom stereocenters. The topological polar surface area (TPSA) is 84.4 Å². The zero-order valence-corrected chi connectivity index (χ0v) is 21.7. The predicted octanol–water partition coefficient (Wildman–Crippen LogP) is 5.01. The highest BCUT2D eigenvalue weighted by atomic mass is 32.2. The number of hydrogen-bond donors (Lipinski definition) is 1. The summed E-state index contributed by atoms with van der Waals surface area (Å²) in [5.74, 6) is 2.17. The number of anilines is 2. The van der Waals surface area contributed by atoms with E-state index in [2.05, 4.69) is 32.3 Å².